The summed E-state index contributed by atoms with van der Waals surface area (Å²) in [6.07, 6.45) is 4.34. The lowest BCUT2D eigenvalue weighted by molar-refractivity contribution is -0.128. The monoisotopic (exact) mass is 350 g/mol. The van der Waals surface area contributed by atoms with E-state index in [4.69, 9.17) is 5.21 Å². The summed E-state index contributed by atoms with van der Waals surface area (Å²) in [7, 11) is 0. The van der Waals surface area contributed by atoms with Gasteiger partial charge in [0.15, 0.2) is 0 Å². The van der Waals surface area contributed by atoms with Crippen molar-refractivity contribution >= 4 is 22.9 Å². The fourth-order valence-corrected chi connectivity index (χ4v) is 3.09. The molecule has 0 aliphatic heterocycles. The Bertz CT molecular complexity index is 906. The highest BCUT2D eigenvalue weighted by Gasteiger charge is 2.13. The molecule has 0 atom stereocenters. The highest BCUT2D eigenvalue weighted by molar-refractivity contribution is 5.92. The number of fused-ring (bicyclic) bond motifs is 1. The molecule has 0 aliphatic rings. The average molecular weight is 350 g/mol. The van der Waals surface area contributed by atoms with Crippen molar-refractivity contribution in [2.75, 3.05) is 0 Å². The molecule has 136 valence electrons. The van der Waals surface area contributed by atoms with Crippen molar-refractivity contribution in [2.45, 2.75) is 34.1 Å². The van der Waals surface area contributed by atoms with E-state index in [1.54, 1.807) is 5.48 Å². The highest BCUT2D eigenvalue weighted by atomic mass is 16.5. The quantitative estimate of drug-likeness (QED) is 0.511. The molecule has 1 amide bonds. The number of hydroxylamine groups is 1. The number of carbonyl (C=O) groups is 1. The van der Waals surface area contributed by atoms with Crippen molar-refractivity contribution in [3.05, 3.63) is 71.4 Å². The lowest BCUT2D eigenvalue weighted by Gasteiger charge is -2.10. The van der Waals surface area contributed by atoms with Crippen molar-refractivity contribution in [3.8, 4) is 5.69 Å². The Morgan fingerprint density at radius 3 is 2.38 bits per heavy atom. The van der Waals surface area contributed by atoms with Gasteiger partial charge in [-0.05, 0) is 37.6 Å². The van der Waals surface area contributed by atoms with Crippen molar-refractivity contribution in [1.29, 1.82) is 0 Å². The number of nitrogens with zero attached hydrogens (tertiary/aromatic N) is 1. The van der Waals surface area contributed by atoms with Gasteiger partial charge in [-0.25, -0.2) is 5.48 Å². The summed E-state index contributed by atoms with van der Waals surface area (Å²) in [5, 5.41) is 9.85. The number of benzene rings is 2. The fraction of sp³-hybridized carbons (Fsp3) is 0.227. The molecule has 1 aromatic heterocycles. The van der Waals surface area contributed by atoms with Gasteiger partial charge in [-0.15, -0.1) is 0 Å². The van der Waals surface area contributed by atoms with Gasteiger partial charge in [0.1, 0.15) is 0 Å². The molecule has 0 bridgehead atoms. The number of hydrogen-bond acceptors (Lipinski definition) is 2. The van der Waals surface area contributed by atoms with Crippen LogP contribution >= 0.6 is 0 Å². The molecule has 0 unspecified atom stereocenters. The van der Waals surface area contributed by atoms with Gasteiger partial charge < -0.3 is 4.57 Å². The Kier molecular flexibility index (Phi) is 6.75. The van der Waals surface area contributed by atoms with Crippen molar-refractivity contribution in [3.63, 3.8) is 0 Å². The van der Waals surface area contributed by atoms with E-state index in [1.165, 1.54) is 16.6 Å². The third kappa shape index (κ3) is 3.86. The van der Waals surface area contributed by atoms with Crippen LogP contribution in [0.1, 0.15) is 37.6 Å². The largest absolute Gasteiger partial charge is 0.313 e. The first-order valence-corrected chi connectivity index (χ1v) is 8.90. The average Bonchev–Trinajstić information content (AvgIpc) is 2.96. The van der Waals surface area contributed by atoms with Crippen LogP contribution in [0.2, 0.25) is 0 Å². The van der Waals surface area contributed by atoms with Crippen molar-refractivity contribution in [1.82, 2.24) is 10.0 Å². The predicted octanol–water partition coefficient (Wildman–Crippen LogP) is 5.05. The zero-order valence-electron chi connectivity index (χ0n) is 15.8. The van der Waals surface area contributed by atoms with E-state index < -0.39 is 5.91 Å². The molecule has 0 saturated carbocycles. The van der Waals surface area contributed by atoms with Gasteiger partial charge in [0.05, 0.1) is 11.9 Å². The first-order chi connectivity index (χ1) is 12.7. The molecule has 0 fully saturated rings. The smallest absolute Gasteiger partial charge is 0.247 e. The molecule has 0 radical (unpaired) electrons. The van der Waals surface area contributed by atoms with E-state index in [-0.39, 0.29) is 6.42 Å². The lowest BCUT2D eigenvalue weighted by Crippen LogP contribution is -2.20. The Morgan fingerprint density at radius 1 is 1.12 bits per heavy atom. The maximum atomic E-state index is 11.3. The maximum absolute atomic E-state index is 11.3. The number of nitrogens with one attached hydrogen (secondary N) is 1. The van der Waals surface area contributed by atoms with E-state index in [0.29, 0.717) is 0 Å². The molecule has 0 saturated heterocycles. The van der Waals surface area contributed by atoms with E-state index in [0.717, 1.165) is 16.8 Å². The molecule has 2 N–H and O–H groups in total. The van der Waals surface area contributed by atoms with Crippen LogP contribution in [0.15, 0.2) is 54.6 Å². The summed E-state index contributed by atoms with van der Waals surface area (Å²) in [6, 6.07) is 16.2. The van der Waals surface area contributed by atoms with Gasteiger partial charge in [-0.1, -0.05) is 56.3 Å². The van der Waals surface area contributed by atoms with E-state index >= 15 is 0 Å². The minimum atomic E-state index is -0.416. The van der Waals surface area contributed by atoms with Crippen LogP contribution in [-0.4, -0.2) is 15.7 Å². The Labute approximate surface area is 154 Å². The molecule has 1 heterocycles. The zero-order valence-corrected chi connectivity index (χ0v) is 15.8. The number of para-hydroxylation sites is 1. The number of hydrogen-bond donors (Lipinski definition) is 2. The predicted molar refractivity (Wildman–Crippen MR) is 108 cm³/mol. The summed E-state index contributed by atoms with van der Waals surface area (Å²) < 4.78 is 2.22. The molecular weight excluding hydrogens is 324 g/mol. The molecule has 0 aliphatic carbocycles. The van der Waals surface area contributed by atoms with Crippen LogP contribution in [0.5, 0.6) is 0 Å². The molecule has 3 aromatic rings. The van der Waals surface area contributed by atoms with Gasteiger partial charge in [-0.2, -0.15) is 0 Å². The number of allylic oxidation sites excluding steroid dienone is 1. The second-order valence-electron chi connectivity index (χ2n) is 5.73. The molecular formula is C22H26N2O2. The van der Waals surface area contributed by atoms with E-state index in [9.17, 15) is 4.79 Å². The minimum Gasteiger partial charge on any atom is -0.313 e. The van der Waals surface area contributed by atoms with Crippen LogP contribution in [0.4, 0.5) is 0 Å². The number of aromatic nitrogens is 1. The first kappa shape index (κ1) is 19.5. The van der Waals surface area contributed by atoms with Crippen LogP contribution < -0.4 is 5.48 Å². The summed E-state index contributed by atoms with van der Waals surface area (Å²) in [5.74, 6) is -0.416. The summed E-state index contributed by atoms with van der Waals surface area (Å²) in [4.78, 5) is 11.3. The zero-order chi connectivity index (χ0) is 19.1. The third-order valence-corrected chi connectivity index (χ3v) is 4.18. The molecule has 4 nitrogen and oxygen atoms in total. The molecule has 4 heteroatoms. The van der Waals surface area contributed by atoms with Gasteiger partial charge in [-0.3, -0.25) is 10.0 Å². The normalized spacial score (nSPS) is 10.7. The lowest BCUT2D eigenvalue weighted by atomic mass is 10.1. The van der Waals surface area contributed by atoms with Crippen LogP contribution in [0.25, 0.3) is 22.7 Å². The topological polar surface area (TPSA) is 54.3 Å². The standard InChI is InChI=1S/C20H20N2O2.C2H6/c1-3-6-17-14(2)22(19-8-5-4-7-18(17)19)16-11-9-15(10-12-16)13-20(23)21-24;1-2/h3-12,24H,13H2,1-2H3,(H,21,23);1-2H3/b6-3-;. The third-order valence-electron chi connectivity index (χ3n) is 4.18. The van der Waals surface area contributed by atoms with E-state index in [1.807, 2.05) is 51.1 Å². The van der Waals surface area contributed by atoms with E-state index in [2.05, 4.69) is 41.8 Å². The number of rotatable bonds is 4. The SMILES string of the molecule is C/C=C\c1c(C)n(-c2ccc(CC(=O)NO)cc2)c2ccccc12.CC. The number of amides is 1. The molecule has 2 aromatic carbocycles. The van der Waals surface area contributed by atoms with Crippen molar-refractivity contribution in [2.24, 2.45) is 0 Å². The Morgan fingerprint density at radius 2 is 1.77 bits per heavy atom. The summed E-state index contributed by atoms with van der Waals surface area (Å²) in [6.45, 7) is 8.13. The molecule has 26 heavy (non-hydrogen) atoms. The summed E-state index contributed by atoms with van der Waals surface area (Å²) in [5.41, 5.74) is 7.11. The van der Waals surface area contributed by atoms with Crippen LogP contribution in [0, 0.1) is 6.92 Å². The van der Waals surface area contributed by atoms with Gasteiger partial charge in [0.2, 0.25) is 5.91 Å². The number of carbonyl (C=O) groups excluding carboxylic acids is 1. The van der Waals surface area contributed by atoms with Gasteiger partial charge in [0, 0.05) is 22.3 Å². The van der Waals surface area contributed by atoms with Gasteiger partial charge >= 0.3 is 0 Å². The second kappa shape index (κ2) is 9.02. The Balaban J connectivity index is 0.00000117. The minimum absolute atomic E-state index is 0.159. The van der Waals surface area contributed by atoms with Crippen molar-refractivity contribution < 1.29 is 10.0 Å². The van der Waals surface area contributed by atoms with Gasteiger partial charge in [0.25, 0.3) is 0 Å². The van der Waals surface area contributed by atoms with Crippen LogP contribution in [0.3, 0.4) is 0 Å². The molecule has 0 spiro atoms. The Hall–Kier alpha value is -2.85. The molecule has 3 rings (SSSR count). The fourth-order valence-electron chi connectivity index (χ4n) is 3.09. The van der Waals surface area contributed by atoms with Crippen LogP contribution in [-0.2, 0) is 11.2 Å². The first-order valence-electron chi connectivity index (χ1n) is 8.90. The maximum Gasteiger partial charge on any atom is 0.247 e. The summed E-state index contributed by atoms with van der Waals surface area (Å²) >= 11 is 0. The highest BCUT2D eigenvalue weighted by Crippen LogP contribution is 2.30. The second-order valence-corrected chi connectivity index (χ2v) is 5.73.